The first-order chi connectivity index (χ1) is 14.2. The molecular weight excluding hydrogens is 508 g/mol. The number of hydrogen-bond acceptors (Lipinski definition) is 2. The first kappa shape index (κ1) is 26.7. The Kier molecular flexibility index (Phi) is 10.7. The lowest BCUT2D eigenvalue weighted by atomic mass is 9.84. The summed E-state index contributed by atoms with van der Waals surface area (Å²) >= 11 is 0. The van der Waals surface area contributed by atoms with Crippen LogP contribution in [0.5, 0.6) is 0 Å². The quantitative estimate of drug-likeness (QED) is 0.235. The van der Waals surface area contributed by atoms with Crippen LogP contribution < -0.4 is 21.3 Å². The van der Waals surface area contributed by atoms with E-state index in [1.165, 1.54) is 6.07 Å². The number of carbonyl (C=O) groups excluding carboxylic acids is 1. The van der Waals surface area contributed by atoms with Gasteiger partial charge in [-0.05, 0) is 49.2 Å². The van der Waals surface area contributed by atoms with E-state index < -0.39 is 0 Å². The third kappa shape index (κ3) is 9.12. The Morgan fingerprint density at radius 2 is 1.77 bits per heavy atom. The molecule has 0 fully saturated rings. The van der Waals surface area contributed by atoms with Crippen molar-refractivity contribution < 1.29 is 9.18 Å². The van der Waals surface area contributed by atoms with Gasteiger partial charge in [0.25, 0.3) is 0 Å². The van der Waals surface area contributed by atoms with Gasteiger partial charge in [0.05, 0.1) is 0 Å². The lowest BCUT2D eigenvalue weighted by Gasteiger charge is -2.27. The molecule has 170 valence electrons. The normalized spacial score (nSPS) is 11.5. The summed E-state index contributed by atoms with van der Waals surface area (Å²) in [5.74, 6) is 0.431. The highest BCUT2D eigenvalue weighted by atomic mass is 127. The van der Waals surface area contributed by atoms with Gasteiger partial charge in [0.1, 0.15) is 5.82 Å². The van der Waals surface area contributed by atoms with Crippen molar-refractivity contribution in [3.05, 3.63) is 65.5 Å². The van der Waals surface area contributed by atoms with Crippen molar-refractivity contribution in [2.24, 2.45) is 4.99 Å². The molecule has 0 bridgehead atoms. The lowest BCUT2D eigenvalue weighted by molar-refractivity contribution is 0.250. The maximum atomic E-state index is 13.5. The molecule has 0 spiro atoms. The van der Waals surface area contributed by atoms with Crippen LogP contribution >= 0.6 is 24.0 Å². The highest BCUT2D eigenvalue weighted by molar-refractivity contribution is 14.0. The second-order valence-corrected chi connectivity index (χ2v) is 8.12. The van der Waals surface area contributed by atoms with Gasteiger partial charge >= 0.3 is 6.03 Å². The fourth-order valence-electron chi connectivity index (χ4n) is 2.86. The molecule has 2 aromatic rings. The van der Waals surface area contributed by atoms with Crippen molar-refractivity contribution in [3.8, 4) is 0 Å². The summed E-state index contributed by atoms with van der Waals surface area (Å²) in [6.45, 7) is 9.12. The van der Waals surface area contributed by atoms with Crippen molar-refractivity contribution >= 4 is 41.7 Å². The van der Waals surface area contributed by atoms with Crippen LogP contribution in [0.1, 0.15) is 38.8 Å². The number of amides is 2. The molecule has 0 saturated heterocycles. The fraction of sp³-hybridized carbons (Fsp3) is 0.391. The molecule has 0 aliphatic heterocycles. The van der Waals surface area contributed by atoms with Gasteiger partial charge in [-0.3, -0.25) is 4.99 Å². The number of carbonyl (C=O) groups is 1. The molecule has 0 aromatic heterocycles. The molecule has 8 heteroatoms. The summed E-state index contributed by atoms with van der Waals surface area (Å²) < 4.78 is 13.5. The number of nitrogens with one attached hydrogen (secondary N) is 4. The first-order valence-electron chi connectivity index (χ1n) is 10.1. The Bertz CT molecular complexity index is 869. The number of rotatable bonds is 7. The van der Waals surface area contributed by atoms with Crippen molar-refractivity contribution in [1.82, 2.24) is 16.0 Å². The molecule has 2 aromatic carbocycles. The van der Waals surface area contributed by atoms with Crippen LogP contribution in [0.15, 0.2) is 53.5 Å². The standard InChI is InChI=1S/C23H32FN5O.HI/c1-16(2)28-22(30)29-20-11-9-17(10-12-20)14-26-21(25-5)27-15-23(3,4)18-7-6-8-19(24)13-18;/h6-13,16H,14-15H2,1-5H3,(H2,25,26,27)(H2,28,29,30);1H. The monoisotopic (exact) mass is 541 g/mol. The average molecular weight is 541 g/mol. The number of nitrogens with zero attached hydrogens (tertiary/aromatic N) is 1. The smallest absolute Gasteiger partial charge is 0.319 e. The van der Waals surface area contributed by atoms with E-state index in [4.69, 9.17) is 0 Å². The molecule has 0 aliphatic rings. The number of benzene rings is 2. The Morgan fingerprint density at radius 1 is 1.10 bits per heavy atom. The van der Waals surface area contributed by atoms with E-state index in [0.29, 0.717) is 19.0 Å². The molecule has 0 saturated carbocycles. The van der Waals surface area contributed by atoms with Gasteiger partial charge in [-0.1, -0.05) is 38.1 Å². The third-order valence-electron chi connectivity index (χ3n) is 4.62. The van der Waals surface area contributed by atoms with Gasteiger partial charge in [-0.15, -0.1) is 24.0 Å². The van der Waals surface area contributed by atoms with Crippen LogP contribution in [-0.2, 0) is 12.0 Å². The Morgan fingerprint density at radius 3 is 2.35 bits per heavy atom. The minimum absolute atomic E-state index is 0. The summed E-state index contributed by atoms with van der Waals surface area (Å²) in [5.41, 5.74) is 2.45. The van der Waals surface area contributed by atoms with Crippen molar-refractivity contribution in [2.45, 2.75) is 45.7 Å². The van der Waals surface area contributed by atoms with Crippen LogP contribution in [0, 0.1) is 5.82 Å². The van der Waals surface area contributed by atoms with E-state index in [-0.39, 0.29) is 47.3 Å². The Hall–Kier alpha value is -2.36. The molecule has 6 nitrogen and oxygen atoms in total. The van der Waals surface area contributed by atoms with Gasteiger partial charge in [0, 0.05) is 37.3 Å². The zero-order chi connectivity index (χ0) is 22.1. The fourth-order valence-corrected chi connectivity index (χ4v) is 2.86. The van der Waals surface area contributed by atoms with E-state index >= 15 is 0 Å². The number of halogens is 2. The zero-order valence-electron chi connectivity index (χ0n) is 18.8. The molecule has 0 radical (unpaired) electrons. The van der Waals surface area contributed by atoms with E-state index in [2.05, 4.69) is 40.1 Å². The summed E-state index contributed by atoms with van der Waals surface area (Å²) in [6, 6.07) is 14.1. The van der Waals surface area contributed by atoms with Crippen molar-refractivity contribution in [3.63, 3.8) is 0 Å². The summed E-state index contributed by atoms with van der Waals surface area (Å²) in [6.07, 6.45) is 0. The molecule has 0 aliphatic carbocycles. The topological polar surface area (TPSA) is 77.5 Å². The lowest BCUT2D eigenvalue weighted by Crippen LogP contribution is -2.43. The van der Waals surface area contributed by atoms with Gasteiger partial charge in [-0.2, -0.15) is 0 Å². The highest BCUT2D eigenvalue weighted by Gasteiger charge is 2.21. The molecule has 0 unspecified atom stereocenters. The molecular formula is C23H33FIN5O. The first-order valence-corrected chi connectivity index (χ1v) is 10.1. The molecule has 31 heavy (non-hydrogen) atoms. The van der Waals surface area contributed by atoms with Crippen LogP contribution in [0.4, 0.5) is 14.9 Å². The van der Waals surface area contributed by atoms with Crippen LogP contribution in [0.25, 0.3) is 0 Å². The molecule has 4 N–H and O–H groups in total. The van der Waals surface area contributed by atoms with E-state index in [9.17, 15) is 9.18 Å². The van der Waals surface area contributed by atoms with E-state index in [0.717, 1.165) is 16.8 Å². The van der Waals surface area contributed by atoms with Crippen LogP contribution in [0.2, 0.25) is 0 Å². The van der Waals surface area contributed by atoms with Crippen LogP contribution in [-0.4, -0.2) is 31.6 Å². The predicted octanol–water partition coefficient (Wildman–Crippen LogP) is 4.62. The molecule has 2 rings (SSSR count). The van der Waals surface area contributed by atoms with Crippen molar-refractivity contribution in [2.75, 3.05) is 18.9 Å². The summed E-state index contributed by atoms with van der Waals surface area (Å²) in [7, 11) is 1.71. The zero-order valence-corrected chi connectivity index (χ0v) is 21.1. The Balaban J connectivity index is 0.00000480. The van der Waals surface area contributed by atoms with Gasteiger partial charge < -0.3 is 21.3 Å². The van der Waals surface area contributed by atoms with Gasteiger partial charge in [-0.25, -0.2) is 9.18 Å². The summed E-state index contributed by atoms with van der Waals surface area (Å²) in [4.78, 5) is 16.0. The molecule has 2 amide bonds. The average Bonchev–Trinajstić information content (AvgIpc) is 2.68. The maximum Gasteiger partial charge on any atom is 0.319 e. The molecule has 0 atom stereocenters. The summed E-state index contributed by atoms with van der Waals surface area (Å²) in [5, 5.41) is 12.2. The minimum atomic E-state index is -0.260. The van der Waals surface area contributed by atoms with Gasteiger partial charge in [0.2, 0.25) is 0 Å². The number of urea groups is 1. The second kappa shape index (κ2) is 12.5. The number of anilines is 1. The molecule has 0 heterocycles. The second-order valence-electron chi connectivity index (χ2n) is 8.12. The SMILES string of the molecule is CN=C(NCc1ccc(NC(=O)NC(C)C)cc1)NCC(C)(C)c1cccc(F)c1.I. The minimum Gasteiger partial charge on any atom is -0.356 e. The van der Waals surface area contributed by atoms with E-state index in [1.54, 1.807) is 19.2 Å². The Labute approximate surface area is 201 Å². The maximum absolute atomic E-state index is 13.5. The highest BCUT2D eigenvalue weighted by Crippen LogP contribution is 2.22. The van der Waals surface area contributed by atoms with E-state index in [1.807, 2.05) is 44.2 Å². The van der Waals surface area contributed by atoms with Crippen molar-refractivity contribution in [1.29, 1.82) is 0 Å². The third-order valence-corrected chi connectivity index (χ3v) is 4.62. The predicted molar refractivity (Wildman–Crippen MR) is 137 cm³/mol. The number of guanidine groups is 1. The van der Waals surface area contributed by atoms with Gasteiger partial charge in [0.15, 0.2) is 5.96 Å². The van der Waals surface area contributed by atoms with Crippen LogP contribution in [0.3, 0.4) is 0 Å². The largest absolute Gasteiger partial charge is 0.356 e. The number of hydrogen-bond donors (Lipinski definition) is 4. The number of aliphatic imine (C=N–C) groups is 1.